The SMILES string of the molecule is CCO[Si](CCCP(C)[Si](C)(C)C)(OCC)OCC. The second-order valence-corrected chi connectivity index (χ2v) is 20.9. The molecular formula is C13H33O3PSi2. The van der Waals surface area contributed by atoms with Crippen molar-refractivity contribution in [1.29, 1.82) is 0 Å². The summed E-state index contributed by atoms with van der Waals surface area (Å²) in [7, 11) is -3.16. The van der Waals surface area contributed by atoms with Crippen LogP contribution >= 0.6 is 7.47 Å². The highest BCUT2D eigenvalue weighted by Crippen LogP contribution is 2.43. The molecule has 0 saturated heterocycles. The van der Waals surface area contributed by atoms with E-state index >= 15 is 0 Å². The van der Waals surface area contributed by atoms with E-state index in [1.165, 1.54) is 12.6 Å². The van der Waals surface area contributed by atoms with Crippen LogP contribution in [0.4, 0.5) is 0 Å². The van der Waals surface area contributed by atoms with Crippen LogP contribution in [0.2, 0.25) is 25.7 Å². The molecule has 1 unspecified atom stereocenters. The minimum absolute atomic E-state index is 0.192. The first-order chi connectivity index (χ1) is 8.81. The summed E-state index contributed by atoms with van der Waals surface area (Å²) < 4.78 is 17.7. The molecule has 3 nitrogen and oxygen atoms in total. The smallest absolute Gasteiger partial charge is 0.374 e. The maximum absolute atomic E-state index is 5.89. The number of hydrogen-bond donors (Lipinski definition) is 0. The molecule has 0 spiro atoms. The van der Waals surface area contributed by atoms with Crippen molar-refractivity contribution in [3.05, 3.63) is 0 Å². The monoisotopic (exact) mass is 324 g/mol. The lowest BCUT2D eigenvalue weighted by molar-refractivity contribution is 0.0712. The quantitative estimate of drug-likeness (QED) is 0.417. The topological polar surface area (TPSA) is 27.7 Å². The third-order valence-corrected chi connectivity index (χ3v) is 17.2. The molecule has 0 N–H and O–H groups in total. The number of rotatable bonds is 11. The van der Waals surface area contributed by atoms with E-state index < -0.39 is 16.5 Å². The third kappa shape index (κ3) is 7.93. The van der Waals surface area contributed by atoms with E-state index in [1.807, 2.05) is 20.8 Å². The molecule has 0 bridgehead atoms. The van der Waals surface area contributed by atoms with E-state index in [1.54, 1.807) is 0 Å². The highest BCUT2D eigenvalue weighted by atomic mass is 31.4. The van der Waals surface area contributed by atoms with Gasteiger partial charge in [-0.05, 0) is 40.0 Å². The zero-order chi connectivity index (χ0) is 14.9. The van der Waals surface area contributed by atoms with Gasteiger partial charge in [0.25, 0.3) is 0 Å². The van der Waals surface area contributed by atoms with Gasteiger partial charge >= 0.3 is 8.80 Å². The van der Waals surface area contributed by atoms with Gasteiger partial charge in [0, 0.05) is 25.9 Å². The zero-order valence-electron chi connectivity index (χ0n) is 13.9. The van der Waals surface area contributed by atoms with E-state index in [-0.39, 0.29) is 7.47 Å². The van der Waals surface area contributed by atoms with Crippen molar-refractivity contribution in [2.45, 2.75) is 52.9 Å². The van der Waals surface area contributed by atoms with Gasteiger partial charge in [0.2, 0.25) is 0 Å². The molecule has 0 aliphatic carbocycles. The van der Waals surface area contributed by atoms with Gasteiger partial charge in [-0.25, -0.2) is 0 Å². The summed E-state index contributed by atoms with van der Waals surface area (Å²) in [6.07, 6.45) is 2.51. The van der Waals surface area contributed by atoms with Gasteiger partial charge in [0.05, 0.1) is 7.74 Å². The summed E-state index contributed by atoms with van der Waals surface area (Å²) in [4.78, 5) is 0. The van der Waals surface area contributed by atoms with Crippen LogP contribution in [-0.2, 0) is 13.3 Å². The van der Waals surface area contributed by atoms with E-state index in [0.717, 1.165) is 6.04 Å². The second-order valence-electron chi connectivity index (χ2n) is 5.68. The minimum Gasteiger partial charge on any atom is -0.374 e. The molecule has 0 aliphatic heterocycles. The van der Waals surface area contributed by atoms with Gasteiger partial charge < -0.3 is 13.3 Å². The first-order valence-corrected chi connectivity index (χ1v) is 15.7. The molecule has 19 heavy (non-hydrogen) atoms. The Balaban J connectivity index is 4.39. The van der Waals surface area contributed by atoms with E-state index in [9.17, 15) is 0 Å². The average molecular weight is 325 g/mol. The lowest BCUT2D eigenvalue weighted by atomic mass is 10.6. The molecule has 0 aromatic rings. The van der Waals surface area contributed by atoms with Gasteiger partial charge in [0.1, 0.15) is 0 Å². The zero-order valence-corrected chi connectivity index (χ0v) is 16.8. The molecule has 0 radical (unpaired) electrons. The average Bonchev–Trinajstić information content (AvgIpc) is 2.28. The van der Waals surface area contributed by atoms with Gasteiger partial charge in [-0.15, -0.1) is 7.47 Å². The van der Waals surface area contributed by atoms with Gasteiger partial charge in [0.15, 0.2) is 0 Å². The summed E-state index contributed by atoms with van der Waals surface area (Å²) in [6.45, 7) is 18.0. The Hall–Kier alpha value is 0.744. The summed E-state index contributed by atoms with van der Waals surface area (Å²) in [6, 6.07) is 0.972. The molecule has 1 atom stereocenters. The molecule has 0 saturated carbocycles. The molecule has 6 heteroatoms. The third-order valence-electron chi connectivity index (χ3n) is 3.21. The minimum atomic E-state index is -2.40. The Morgan fingerprint density at radius 2 is 1.26 bits per heavy atom. The Morgan fingerprint density at radius 1 is 0.842 bits per heavy atom. The molecular weight excluding hydrogens is 291 g/mol. The van der Waals surface area contributed by atoms with Crippen LogP contribution in [-0.4, -0.2) is 49.2 Å². The largest absolute Gasteiger partial charge is 0.500 e. The lowest BCUT2D eigenvalue weighted by Gasteiger charge is -2.30. The van der Waals surface area contributed by atoms with Crippen molar-refractivity contribution in [2.75, 3.05) is 32.6 Å². The Morgan fingerprint density at radius 3 is 1.58 bits per heavy atom. The van der Waals surface area contributed by atoms with Crippen LogP contribution in [0.15, 0.2) is 0 Å². The van der Waals surface area contributed by atoms with Crippen molar-refractivity contribution in [3.63, 3.8) is 0 Å². The lowest BCUT2D eigenvalue weighted by Crippen LogP contribution is -2.46. The van der Waals surface area contributed by atoms with Crippen LogP contribution in [0.25, 0.3) is 0 Å². The molecule has 0 aromatic heterocycles. The fourth-order valence-corrected chi connectivity index (χ4v) is 8.57. The highest BCUT2D eigenvalue weighted by Gasteiger charge is 2.40. The van der Waals surface area contributed by atoms with E-state index in [2.05, 4.69) is 26.3 Å². The standard InChI is InChI=1S/C13H33O3PSi2/c1-8-14-19(15-9-2,16-10-3)13-11-12-17(4)18(5,6)7/h8-13H2,1-7H3. The molecule has 116 valence electrons. The highest BCUT2D eigenvalue weighted by molar-refractivity contribution is 7.94. The maximum Gasteiger partial charge on any atom is 0.500 e. The molecule has 0 aliphatic rings. The summed E-state index contributed by atoms with van der Waals surface area (Å²) in [5, 5.41) is 0. The molecule has 0 rings (SSSR count). The summed E-state index contributed by atoms with van der Waals surface area (Å²) >= 11 is 0. The van der Waals surface area contributed by atoms with Crippen molar-refractivity contribution in [1.82, 2.24) is 0 Å². The van der Waals surface area contributed by atoms with Crippen molar-refractivity contribution in [2.24, 2.45) is 0 Å². The van der Waals surface area contributed by atoms with Gasteiger partial charge in [-0.3, -0.25) is 0 Å². The summed E-state index contributed by atoms with van der Waals surface area (Å²) in [5.74, 6) is 0. The van der Waals surface area contributed by atoms with Crippen LogP contribution in [0, 0.1) is 0 Å². The molecule has 0 amide bonds. The Kier molecular flexibility index (Phi) is 10.0. The fourth-order valence-electron chi connectivity index (χ4n) is 1.87. The first kappa shape index (κ1) is 19.7. The van der Waals surface area contributed by atoms with Gasteiger partial charge in [-0.1, -0.05) is 19.6 Å². The fraction of sp³-hybridized carbons (Fsp3) is 1.00. The van der Waals surface area contributed by atoms with Crippen LogP contribution in [0.5, 0.6) is 0 Å². The predicted octanol–water partition coefficient (Wildman–Crippen LogP) is 4.37. The van der Waals surface area contributed by atoms with Gasteiger partial charge in [-0.2, -0.15) is 0 Å². The van der Waals surface area contributed by atoms with Crippen molar-refractivity contribution >= 4 is 24.0 Å². The van der Waals surface area contributed by atoms with E-state index in [0.29, 0.717) is 19.8 Å². The van der Waals surface area contributed by atoms with Crippen molar-refractivity contribution < 1.29 is 13.3 Å². The molecule has 0 fully saturated rings. The Bertz CT molecular complexity index is 217. The van der Waals surface area contributed by atoms with Crippen LogP contribution in [0.3, 0.4) is 0 Å². The normalized spacial score (nSPS) is 14.7. The molecule has 0 aromatic carbocycles. The predicted molar refractivity (Wildman–Crippen MR) is 91.1 cm³/mol. The second kappa shape index (κ2) is 9.64. The van der Waals surface area contributed by atoms with Crippen LogP contribution < -0.4 is 0 Å². The summed E-state index contributed by atoms with van der Waals surface area (Å²) in [5.41, 5.74) is 0. The Labute approximate surface area is 123 Å². The van der Waals surface area contributed by atoms with Crippen LogP contribution in [0.1, 0.15) is 27.2 Å². The number of hydrogen-bond acceptors (Lipinski definition) is 3. The molecule has 0 heterocycles. The van der Waals surface area contributed by atoms with Crippen molar-refractivity contribution in [3.8, 4) is 0 Å². The maximum atomic E-state index is 5.89. The van der Waals surface area contributed by atoms with E-state index in [4.69, 9.17) is 13.3 Å². The first-order valence-electron chi connectivity index (χ1n) is 7.44.